The van der Waals surface area contributed by atoms with Crippen LogP contribution in [0.1, 0.15) is 32.5 Å². The van der Waals surface area contributed by atoms with E-state index in [0.717, 1.165) is 12.8 Å². The van der Waals surface area contributed by atoms with Crippen LogP contribution in [0.25, 0.3) is 0 Å². The maximum absolute atomic E-state index is 11.7. The second kappa shape index (κ2) is 6.27. The zero-order chi connectivity index (χ0) is 12.0. The summed E-state index contributed by atoms with van der Waals surface area (Å²) in [6.45, 7) is 4.16. The molecule has 0 unspecified atom stereocenters. The summed E-state index contributed by atoms with van der Waals surface area (Å²) in [5, 5.41) is 11.9. The second-order valence-electron chi connectivity index (χ2n) is 3.71. The molecule has 1 aromatic heterocycles. The van der Waals surface area contributed by atoms with E-state index in [1.807, 2.05) is 13.8 Å². The number of rotatable bonds is 6. The van der Waals surface area contributed by atoms with E-state index in [2.05, 4.69) is 10.3 Å². The van der Waals surface area contributed by atoms with Gasteiger partial charge in [0, 0.05) is 18.4 Å². The third kappa shape index (κ3) is 3.34. The molecule has 1 rings (SSSR count). The molecule has 0 fully saturated rings. The highest BCUT2D eigenvalue weighted by Gasteiger charge is 2.10. The normalized spacial score (nSPS) is 10.8. The van der Waals surface area contributed by atoms with E-state index in [-0.39, 0.29) is 25.1 Å². The number of nitrogens with zero attached hydrogens (tertiary/aromatic N) is 2. The number of nitrogens with one attached hydrogen (secondary N) is 1. The molecule has 0 atom stereocenters. The van der Waals surface area contributed by atoms with Crippen molar-refractivity contribution < 1.29 is 9.90 Å². The van der Waals surface area contributed by atoms with Crippen molar-refractivity contribution in [2.24, 2.45) is 0 Å². The molecule has 90 valence electrons. The van der Waals surface area contributed by atoms with Gasteiger partial charge in [-0.15, -0.1) is 0 Å². The van der Waals surface area contributed by atoms with Crippen molar-refractivity contribution in [1.82, 2.24) is 14.9 Å². The highest BCUT2D eigenvalue weighted by atomic mass is 16.3. The van der Waals surface area contributed by atoms with Gasteiger partial charge in [-0.3, -0.25) is 4.79 Å². The van der Waals surface area contributed by atoms with Gasteiger partial charge in [0.25, 0.3) is 0 Å². The Hall–Kier alpha value is -1.36. The molecule has 0 bridgehead atoms. The highest BCUT2D eigenvalue weighted by molar-refractivity contribution is 5.76. The number of carbonyl (C=O) groups excluding carboxylic acids is 1. The molecule has 16 heavy (non-hydrogen) atoms. The van der Waals surface area contributed by atoms with E-state index in [1.54, 1.807) is 17.0 Å². The zero-order valence-corrected chi connectivity index (χ0v) is 9.81. The number of amides is 1. The van der Waals surface area contributed by atoms with Gasteiger partial charge in [-0.1, -0.05) is 13.8 Å². The first-order chi connectivity index (χ1) is 7.71. The van der Waals surface area contributed by atoms with Crippen LogP contribution in [-0.4, -0.2) is 26.6 Å². The Morgan fingerprint density at radius 3 is 2.81 bits per heavy atom. The summed E-state index contributed by atoms with van der Waals surface area (Å²) >= 11 is 0. The van der Waals surface area contributed by atoms with Crippen molar-refractivity contribution in [2.45, 2.75) is 45.9 Å². The van der Waals surface area contributed by atoms with E-state index < -0.39 is 0 Å². The molecular formula is C11H19N3O2. The number of hydrogen-bond donors (Lipinski definition) is 2. The average Bonchev–Trinajstić information content (AvgIpc) is 2.73. The number of aliphatic hydroxyl groups is 1. The Kier molecular flexibility index (Phi) is 4.98. The maximum atomic E-state index is 11.7. The summed E-state index contributed by atoms with van der Waals surface area (Å²) in [4.78, 5) is 15.6. The third-order valence-electron chi connectivity index (χ3n) is 2.61. The molecule has 1 heterocycles. The Morgan fingerprint density at radius 2 is 2.25 bits per heavy atom. The van der Waals surface area contributed by atoms with Crippen molar-refractivity contribution in [1.29, 1.82) is 0 Å². The van der Waals surface area contributed by atoms with Gasteiger partial charge in [0.2, 0.25) is 5.91 Å². The molecule has 5 heteroatoms. The largest absolute Gasteiger partial charge is 0.388 e. The van der Waals surface area contributed by atoms with Crippen LogP contribution in [0.5, 0.6) is 0 Å². The van der Waals surface area contributed by atoms with Gasteiger partial charge in [0.1, 0.15) is 19.0 Å². The molecule has 2 N–H and O–H groups in total. The fourth-order valence-corrected chi connectivity index (χ4v) is 1.56. The molecule has 0 aliphatic carbocycles. The average molecular weight is 225 g/mol. The smallest absolute Gasteiger partial charge is 0.240 e. The lowest BCUT2D eigenvalue weighted by molar-refractivity contribution is -0.122. The Morgan fingerprint density at radius 1 is 1.56 bits per heavy atom. The second-order valence-corrected chi connectivity index (χ2v) is 3.71. The van der Waals surface area contributed by atoms with Crippen LogP contribution in [0.15, 0.2) is 12.4 Å². The first-order valence-electron chi connectivity index (χ1n) is 5.61. The van der Waals surface area contributed by atoms with Gasteiger partial charge in [-0.05, 0) is 12.8 Å². The molecule has 0 aliphatic rings. The van der Waals surface area contributed by atoms with Crippen molar-refractivity contribution >= 4 is 5.91 Å². The predicted octanol–water partition coefficient (Wildman–Crippen LogP) is 0.680. The van der Waals surface area contributed by atoms with Gasteiger partial charge >= 0.3 is 0 Å². The van der Waals surface area contributed by atoms with E-state index in [1.165, 1.54) is 0 Å². The first kappa shape index (κ1) is 12.7. The molecule has 0 saturated carbocycles. The molecule has 1 amide bonds. The molecule has 0 aliphatic heterocycles. The van der Waals surface area contributed by atoms with Crippen LogP contribution in [0, 0.1) is 0 Å². The van der Waals surface area contributed by atoms with Crippen molar-refractivity contribution in [3.05, 3.63) is 18.2 Å². The summed E-state index contributed by atoms with van der Waals surface area (Å²) in [6, 6.07) is 0.230. The minimum absolute atomic E-state index is 0.0404. The van der Waals surface area contributed by atoms with Crippen LogP contribution in [0.3, 0.4) is 0 Å². The number of aliphatic hydroxyl groups excluding tert-OH is 1. The molecule has 1 aromatic rings. The fourth-order valence-electron chi connectivity index (χ4n) is 1.56. The number of aromatic nitrogens is 2. The summed E-state index contributed by atoms with van der Waals surface area (Å²) in [5.74, 6) is 0.473. The predicted molar refractivity (Wildman–Crippen MR) is 60.7 cm³/mol. The van der Waals surface area contributed by atoms with Crippen molar-refractivity contribution in [3.63, 3.8) is 0 Å². The van der Waals surface area contributed by atoms with E-state index >= 15 is 0 Å². The minimum Gasteiger partial charge on any atom is -0.388 e. The monoisotopic (exact) mass is 225 g/mol. The highest BCUT2D eigenvalue weighted by Crippen LogP contribution is 1.99. The van der Waals surface area contributed by atoms with E-state index in [9.17, 15) is 4.79 Å². The zero-order valence-electron chi connectivity index (χ0n) is 9.81. The van der Waals surface area contributed by atoms with Gasteiger partial charge in [0.15, 0.2) is 0 Å². The van der Waals surface area contributed by atoms with Crippen molar-refractivity contribution in [3.8, 4) is 0 Å². The molecule has 0 saturated heterocycles. The molecule has 5 nitrogen and oxygen atoms in total. The molecule has 0 aromatic carbocycles. The molecular weight excluding hydrogens is 206 g/mol. The van der Waals surface area contributed by atoms with Crippen LogP contribution in [0.4, 0.5) is 0 Å². The van der Waals surface area contributed by atoms with Gasteiger partial charge in [0.05, 0.1) is 0 Å². The maximum Gasteiger partial charge on any atom is 0.240 e. The summed E-state index contributed by atoms with van der Waals surface area (Å²) in [6.07, 6.45) is 5.13. The Labute approximate surface area is 95.5 Å². The topological polar surface area (TPSA) is 67.2 Å². The summed E-state index contributed by atoms with van der Waals surface area (Å²) < 4.78 is 1.65. The Bertz CT molecular complexity index is 332. The first-order valence-corrected chi connectivity index (χ1v) is 5.61. The van der Waals surface area contributed by atoms with E-state index in [0.29, 0.717) is 5.82 Å². The minimum atomic E-state index is -0.148. The SMILES string of the molecule is CCC(CC)NC(=O)Cn1ccnc1CO. The standard InChI is InChI=1S/C11H19N3O2/c1-3-9(4-2)13-11(16)7-14-6-5-12-10(14)8-15/h5-6,9,15H,3-4,7-8H2,1-2H3,(H,13,16). The summed E-state index contributed by atoms with van der Waals surface area (Å²) in [5.41, 5.74) is 0. The van der Waals surface area contributed by atoms with Crippen LogP contribution in [-0.2, 0) is 17.9 Å². The van der Waals surface area contributed by atoms with Gasteiger partial charge < -0.3 is 15.0 Å². The van der Waals surface area contributed by atoms with Gasteiger partial charge in [-0.2, -0.15) is 0 Å². The fraction of sp³-hybridized carbons (Fsp3) is 0.636. The molecule has 0 spiro atoms. The van der Waals surface area contributed by atoms with Crippen LogP contribution < -0.4 is 5.32 Å². The van der Waals surface area contributed by atoms with Gasteiger partial charge in [-0.25, -0.2) is 4.98 Å². The quantitative estimate of drug-likeness (QED) is 0.748. The molecule has 0 radical (unpaired) electrons. The number of hydrogen-bond acceptors (Lipinski definition) is 3. The lowest BCUT2D eigenvalue weighted by Gasteiger charge is -2.15. The van der Waals surface area contributed by atoms with Crippen LogP contribution >= 0.6 is 0 Å². The third-order valence-corrected chi connectivity index (χ3v) is 2.61. The lowest BCUT2D eigenvalue weighted by Crippen LogP contribution is -2.36. The Balaban J connectivity index is 2.51. The number of carbonyl (C=O) groups is 1. The summed E-state index contributed by atoms with van der Waals surface area (Å²) in [7, 11) is 0. The van der Waals surface area contributed by atoms with Crippen LogP contribution in [0.2, 0.25) is 0 Å². The van der Waals surface area contributed by atoms with E-state index in [4.69, 9.17) is 5.11 Å². The van der Waals surface area contributed by atoms with Crippen molar-refractivity contribution in [2.75, 3.05) is 0 Å². The lowest BCUT2D eigenvalue weighted by atomic mass is 10.2. The number of imidazole rings is 1.